The smallest absolute Gasteiger partial charge is 0.0893 e. The van der Waals surface area contributed by atoms with E-state index < -0.39 is 0 Å². The molecule has 1 saturated carbocycles. The minimum atomic E-state index is 0.675. The first-order valence-corrected chi connectivity index (χ1v) is 6.69. The van der Waals surface area contributed by atoms with Crippen LogP contribution in [-0.4, -0.2) is 15.6 Å². The van der Waals surface area contributed by atoms with Crippen molar-refractivity contribution in [2.45, 2.75) is 51.6 Å². The molecule has 1 aliphatic rings. The maximum absolute atomic E-state index is 4.06. The fraction of sp³-hybridized carbons (Fsp3) is 0.818. The molecule has 1 N–H and O–H groups in total. The van der Waals surface area contributed by atoms with Crippen LogP contribution in [0.5, 0.6) is 0 Å². The molecule has 0 spiro atoms. The molecule has 0 amide bonds. The lowest BCUT2D eigenvalue weighted by Crippen LogP contribution is -2.33. The summed E-state index contributed by atoms with van der Waals surface area (Å²) in [7, 11) is 0. The first-order chi connectivity index (χ1) is 7.36. The third-order valence-corrected chi connectivity index (χ3v) is 3.87. The molecule has 0 bridgehead atoms. The predicted molar refractivity (Wildman–Crippen MR) is 62.8 cm³/mol. The summed E-state index contributed by atoms with van der Waals surface area (Å²) in [6.45, 7) is 3.24. The Morgan fingerprint density at radius 2 is 2.27 bits per heavy atom. The van der Waals surface area contributed by atoms with Gasteiger partial charge in [-0.15, -0.1) is 5.10 Å². The van der Waals surface area contributed by atoms with Crippen LogP contribution in [0, 0.1) is 5.92 Å². The van der Waals surface area contributed by atoms with Crippen LogP contribution in [-0.2, 0) is 6.54 Å². The zero-order chi connectivity index (χ0) is 10.5. The average Bonchev–Trinajstić information content (AvgIpc) is 2.67. The number of hydrogen-bond acceptors (Lipinski definition) is 4. The van der Waals surface area contributed by atoms with E-state index in [-0.39, 0.29) is 0 Å². The van der Waals surface area contributed by atoms with Crippen LogP contribution in [0.4, 0.5) is 0 Å². The van der Waals surface area contributed by atoms with Crippen LogP contribution in [0.25, 0.3) is 0 Å². The molecule has 2 unspecified atom stereocenters. The van der Waals surface area contributed by atoms with Crippen molar-refractivity contribution in [3.63, 3.8) is 0 Å². The summed E-state index contributed by atoms with van der Waals surface area (Å²) in [5.74, 6) is 0.805. The minimum Gasteiger partial charge on any atom is -0.308 e. The molecule has 0 saturated heterocycles. The highest BCUT2D eigenvalue weighted by Gasteiger charge is 2.19. The summed E-state index contributed by atoms with van der Waals surface area (Å²) in [5, 5.41) is 9.70. The van der Waals surface area contributed by atoms with Crippen LogP contribution in [0.15, 0.2) is 5.38 Å². The lowest BCUT2D eigenvalue weighted by atomic mass is 9.97. The molecule has 0 radical (unpaired) electrons. The fourth-order valence-electron chi connectivity index (χ4n) is 2.29. The third kappa shape index (κ3) is 3.24. The lowest BCUT2D eigenvalue weighted by Gasteiger charge is -2.22. The van der Waals surface area contributed by atoms with Gasteiger partial charge >= 0.3 is 0 Å². The summed E-state index contributed by atoms with van der Waals surface area (Å²) in [5.41, 5.74) is 1.08. The third-order valence-electron chi connectivity index (χ3n) is 3.31. The molecule has 15 heavy (non-hydrogen) atoms. The Hall–Kier alpha value is -0.480. The van der Waals surface area contributed by atoms with Gasteiger partial charge < -0.3 is 5.32 Å². The minimum absolute atomic E-state index is 0.675. The van der Waals surface area contributed by atoms with Crippen molar-refractivity contribution in [3.05, 3.63) is 11.1 Å². The van der Waals surface area contributed by atoms with Crippen LogP contribution in [0.3, 0.4) is 0 Å². The molecular formula is C11H19N3S. The van der Waals surface area contributed by atoms with Gasteiger partial charge in [0.25, 0.3) is 0 Å². The van der Waals surface area contributed by atoms with Crippen molar-refractivity contribution in [1.29, 1.82) is 0 Å². The molecule has 1 aliphatic carbocycles. The van der Waals surface area contributed by atoms with Crippen molar-refractivity contribution in [1.82, 2.24) is 14.9 Å². The van der Waals surface area contributed by atoms with E-state index in [0.717, 1.165) is 18.2 Å². The maximum Gasteiger partial charge on any atom is 0.0893 e. The van der Waals surface area contributed by atoms with E-state index in [0.29, 0.717) is 6.04 Å². The molecule has 4 heteroatoms. The standard InChI is InChI=1S/C11H19N3S/c1-9-5-3-2-4-6-11(9)12-7-10-8-15-14-13-10/h8-9,11-12H,2-7H2,1H3. The zero-order valence-corrected chi connectivity index (χ0v) is 10.1. The molecule has 1 heterocycles. The van der Waals surface area contributed by atoms with Gasteiger partial charge in [0, 0.05) is 18.0 Å². The Morgan fingerprint density at radius 1 is 1.40 bits per heavy atom. The Kier molecular flexibility index (Phi) is 4.09. The zero-order valence-electron chi connectivity index (χ0n) is 9.28. The van der Waals surface area contributed by atoms with Crippen molar-refractivity contribution in [3.8, 4) is 0 Å². The molecule has 1 fully saturated rings. The molecule has 3 nitrogen and oxygen atoms in total. The molecule has 1 aromatic rings. The number of nitrogens with zero attached hydrogens (tertiary/aromatic N) is 2. The monoisotopic (exact) mass is 225 g/mol. The Labute approximate surface area is 95.4 Å². The van der Waals surface area contributed by atoms with E-state index in [1.165, 1.54) is 43.6 Å². The van der Waals surface area contributed by atoms with Crippen molar-refractivity contribution < 1.29 is 0 Å². The predicted octanol–water partition coefficient (Wildman–Crippen LogP) is 2.60. The maximum atomic E-state index is 4.06. The number of nitrogens with one attached hydrogen (secondary N) is 1. The van der Waals surface area contributed by atoms with Crippen LogP contribution >= 0.6 is 11.5 Å². The first kappa shape index (κ1) is 11.0. The van der Waals surface area contributed by atoms with Crippen LogP contribution in [0.1, 0.15) is 44.7 Å². The van der Waals surface area contributed by atoms with Crippen LogP contribution in [0.2, 0.25) is 0 Å². The van der Waals surface area contributed by atoms with Gasteiger partial charge in [-0.25, -0.2) is 0 Å². The lowest BCUT2D eigenvalue weighted by molar-refractivity contribution is 0.354. The van der Waals surface area contributed by atoms with Gasteiger partial charge in [-0.1, -0.05) is 30.7 Å². The number of rotatable bonds is 3. The van der Waals surface area contributed by atoms with E-state index in [9.17, 15) is 0 Å². The Bertz CT molecular complexity index is 273. The van der Waals surface area contributed by atoms with Crippen molar-refractivity contribution in [2.75, 3.05) is 0 Å². The van der Waals surface area contributed by atoms with E-state index in [1.807, 2.05) is 5.38 Å². The summed E-state index contributed by atoms with van der Waals surface area (Å²) < 4.78 is 3.88. The second kappa shape index (κ2) is 5.56. The molecule has 0 aliphatic heterocycles. The van der Waals surface area contributed by atoms with Crippen LogP contribution < -0.4 is 5.32 Å². The highest BCUT2D eigenvalue weighted by Crippen LogP contribution is 2.23. The van der Waals surface area contributed by atoms with Gasteiger partial charge in [0.1, 0.15) is 0 Å². The first-order valence-electron chi connectivity index (χ1n) is 5.85. The Morgan fingerprint density at radius 3 is 3.07 bits per heavy atom. The van der Waals surface area contributed by atoms with E-state index in [1.54, 1.807) is 0 Å². The summed E-state index contributed by atoms with van der Waals surface area (Å²) in [4.78, 5) is 0. The molecule has 0 aromatic carbocycles. The fourth-order valence-corrected chi connectivity index (χ4v) is 2.74. The molecular weight excluding hydrogens is 206 g/mol. The van der Waals surface area contributed by atoms with E-state index in [2.05, 4.69) is 21.8 Å². The van der Waals surface area contributed by atoms with E-state index in [4.69, 9.17) is 0 Å². The Balaban J connectivity index is 1.81. The average molecular weight is 225 g/mol. The van der Waals surface area contributed by atoms with Gasteiger partial charge in [0.05, 0.1) is 5.69 Å². The molecule has 84 valence electrons. The highest BCUT2D eigenvalue weighted by molar-refractivity contribution is 7.03. The van der Waals surface area contributed by atoms with Gasteiger partial charge in [0.2, 0.25) is 0 Å². The molecule has 2 atom stereocenters. The van der Waals surface area contributed by atoms with Gasteiger partial charge in [-0.05, 0) is 30.3 Å². The van der Waals surface area contributed by atoms with Gasteiger partial charge in [-0.3, -0.25) is 0 Å². The van der Waals surface area contributed by atoms with Gasteiger partial charge in [-0.2, -0.15) is 0 Å². The summed E-state index contributed by atoms with van der Waals surface area (Å²) in [6.07, 6.45) is 6.86. The summed E-state index contributed by atoms with van der Waals surface area (Å²) >= 11 is 1.43. The second-order valence-electron chi connectivity index (χ2n) is 4.50. The van der Waals surface area contributed by atoms with Gasteiger partial charge in [0.15, 0.2) is 0 Å². The second-order valence-corrected chi connectivity index (χ2v) is 5.11. The number of aromatic nitrogens is 2. The molecule has 2 rings (SSSR count). The topological polar surface area (TPSA) is 37.8 Å². The van der Waals surface area contributed by atoms with Crippen molar-refractivity contribution >= 4 is 11.5 Å². The highest BCUT2D eigenvalue weighted by atomic mass is 32.1. The van der Waals surface area contributed by atoms with Crippen molar-refractivity contribution in [2.24, 2.45) is 5.92 Å². The quantitative estimate of drug-likeness (QED) is 0.804. The normalized spacial score (nSPS) is 27.5. The largest absolute Gasteiger partial charge is 0.308 e. The summed E-state index contributed by atoms with van der Waals surface area (Å²) in [6, 6.07) is 0.675. The molecule has 1 aromatic heterocycles. The van der Waals surface area contributed by atoms with E-state index >= 15 is 0 Å². The SMILES string of the molecule is CC1CCCCCC1NCc1csnn1. The number of hydrogen-bond donors (Lipinski definition) is 1.